The Bertz CT molecular complexity index is 507. The van der Waals surface area contributed by atoms with Gasteiger partial charge in [-0.3, -0.25) is 0 Å². The van der Waals surface area contributed by atoms with Gasteiger partial charge in [-0.15, -0.1) is 5.10 Å². The van der Waals surface area contributed by atoms with Crippen LogP contribution in [0.4, 0.5) is 0 Å². The molecule has 0 saturated heterocycles. The van der Waals surface area contributed by atoms with Gasteiger partial charge in [0, 0.05) is 10.1 Å². The fourth-order valence-electron chi connectivity index (χ4n) is 1.61. The minimum atomic E-state index is 0.649. The lowest BCUT2D eigenvalue weighted by Gasteiger charge is -2.04. The van der Waals surface area contributed by atoms with E-state index in [4.69, 9.17) is 0 Å². The summed E-state index contributed by atoms with van der Waals surface area (Å²) in [6, 6.07) is 8.20. The van der Waals surface area contributed by atoms with E-state index in [-0.39, 0.29) is 0 Å². The number of benzene rings is 1. The number of halogens is 1. The van der Waals surface area contributed by atoms with Crippen molar-refractivity contribution in [3.8, 4) is 5.69 Å². The molecule has 0 aliphatic heterocycles. The number of hydrogen-bond donors (Lipinski definition) is 1. The zero-order valence-electron chi connectivity index (χ0n) is 10.6. The highest BCUT2D eigenvalue weighted by Crippen LogP contribution is 2.11. The third-order valence-electron chi connectivity index (χ3n) is 2.47. The van der Waals surface area contributed by atoms with Gasteiger partial charge in [0.15, 0.2) is 0 Å². The molecule has 0 aliphatic carbocycles. The minimum absolute atomic E-state index is 0.649. The first-order valence-corrected chi connectivity index (χ1v) is 7.11. The number of rotatable bonds is 5. The van der Waals surface area contributed by atoms with Crippen molar-refractivity contribution in [2.45, 2.75) is 20.4 Å². The zero-order valence-corrected chi connectivity index (χ0v) is 12.8. The number of hydrogen-bond acceptors (Lipinski definition) is 3. The van der Waals surface area contributed by atoms with E-state index in [9.17, 15) is 0 Å². The molecule has 1 N–H and O–H groups in total. The molecule has 96 valence electrons. The average Bonchev–Trinajstić information content (AvgIpc) is 2.77. The van der Waals surface area contributed by atoms with Crippen molar-refractivity contribution < 1.29 is 0 Å². The molecule has 4 nitrogen and oxygen atoms in total. The van der Waals surface area contributed by atoms with Crippen molar-refractivity contribution in [3.63, 3.8) is 0 Å². The molecule has 18 heavy (non-hydrogen) atoms. The first-order valence-electron chi connectivity index (χ1n) is 6.03. The lowest BCUT2D eigenvalue weighted by Crippen LogP contribution is -2.19. The third kappa shape index (κ3) is 3.78. The summed E-state index contributed by atoms with van der Waals surface area (Å²) in [5, 5.41) is 11.7. The van der Waals surface area contributed by atoms with Gasteiger partial charge in [-0.2, -0.15) is 0 Å². The van der Waals surface area contributed by atoms with Crippen molar-refractivity contribution in [2.75, 3.05) is 6.54 Å². The third-order valence-corrected chi connectivity index (χ3v) is 3.14. The number of aromatic nitrogens is 3. The first-order chi connectivity index (χ1) is 8.65. The normalized spacial score (nSPS) is 11.1. The molecule has 0 saturated carbocycles. The summed E-state index contributed by atoms with van der Waals surface area (Å²) in [4.78, 5) is 0. The van der Waals surface area contributed by atoms with E-state index in [2.05, 4.69) is 64.2 Å². The van der Waals surface area contributed by atoms with Gasteiger partial charge in [0.2, 0.25) is 0 Å². The van der Waals surface area contributed by atoms with E-state index < -0.39 is 0 Å². The summed E-state index contributed by atoms with van der Waals surface area (Å²) in [6.07, 6.45) is 1.97. The quantitative estimate of drug-likeness (QED) is 0.838. The molecule has 2 rings (SSSR count). The van der Waals surface area contributed by atoms with Gasteiger partial charge < -0.3 is 5.32 Å². The zero-order chi connectivity index (χ0) is 13.0. The maximum absolute atomic E-state index is 4.17. The fourth-order valence-corrected chi connectivity index (χ4v) is 2.14. The van der Waals surface area contributed by atoms with Gasteiger partial charge in [-0.05, 0) is 53.3 Å². The summed E-state index contributed by atoms with van der Waals surface area (Å²) >= 11 is 2.29. The SMILES string of the molecule is CC(C)CNCc1cn(-c2cccc(I)c2)nn1. The Morgan fingerprint density at radius 1 is 1.39 bits per heavy atom. The Balaban J connectivity index is 2.02. The molecule has 0 radical (unpaired) electrons. The second kappa shape index (κ2) is 6.29. The Kier molecular flexibility index (Phi) is 4.71. The lowest BCUT2D eigenvalue weighted by atomic mass is 10.2. The molecule has 0 spiro atoms. The monoisotopic (exact) mass is 356 g/mol. The Morgan fingerprint density at radius 2 is 2.22 bits per heavy atom. The molecule has 0 atom stereocenters. The van der Waals surface area contributed by atoms with Gasteiger partial charge in [-0.25, -0.2) is 4.68 Å². The van der Waals surface area contributed by atoms with Crippen LogP contribution in [0.25, 0.3) is 5.69 Å². The molecule has 2 aromatic rings. The standard InChI is InChI=1S/C13H17IN4/c1-10(2)7-15-8-12-9-18(17-16-12)13-5-3-4-11(14)6-13/h3-6,9-10,15H,7-8H2,1-2H3. The van der Waals surface area contributed by atoms with E-state index in [0.717, 1.165) is 24.5 Å². The van der Waals surface area contributed by atoms with Crippen LogP contribution < -0.4 is 5.32 Å². The van der Waals surface area contributed by atoms with Gasteiger partial charge >= 0.3 is 0 Å². The van der Waals surface area contributed by atoms with Gasteiger partial charge in [0.25, 0.3) is 0 Å². The van der Waals surface area contributed by atoms with Crippen LogP contribution in [0, 0.1) is 9.49 Å². The van der Waals surface area contributed by atoms with Crippen LogP contribution >= 0.6 is 22.6 Å². The topological polar surface area (TPSA) is 42.7 Å². The molecule has 0 aliphatic rings. The summed E-state index contributed by atoms with van der Waals surface area (Å²) in [7, 11) is 0. The highest BCUT2D eigenvalue weighted by molar-refractivity contribution is 14.1. The lowest BCUT2D eigenvalue weighted by molar-refractivity contribution is 0.548. The molecular weight excluding hydrogens is 339 g/mol. The Hall–Kier alpha value is -0.950. The van der Waals surface area contributed by atoms with Crippen LogP contribution in [-0.2, 0) is 6.54 Å². The molecule has 1 aromatic heterocycles. The number of nitrogens with one attached hydrogen (secondary N) is 1. The predicted octanol–water partition coefficient (Wildman–Crippen LogP) is 2.62. The van der Waals surface area contributed by atoms with E-state index in [1.165, 1.54) is 3.57 Å². The Morgan fingerprint density at radius 3 is 2.94 bits per heavy atom. The largest absolute Gasteiger partial charge is 0.311 e. The van der Waals surface area contributed by atoms with Crippen LogP contribution in [0.2, 0.25) is 0 Å². The molecule has 1 aromatic carbocycles. The molecule has 0 bridgehead atoms. The minimum Gasteiger partial charge on any atom is -0.311 e. The van der Waals surface area contributed by atoms with Gasteiger partial charge in [0.1, 0.15) is 0 Å². The van der Waals surface area contributed by atoms with Gasteiger partial charge in [0.05, 0.1) is 17.6 Å². The fraction of sp³-hybridized carbons (Fsp3) is 0.385. The van der Waals surface area contributed by atoms with Crippen LogP contribution in [0.3, 0.4) is 0 Å². The molecule has 1 heterocycles. The van der Waals surface area contributed by atoms with Crippen molar-refractivity contribution in [1.82, 2.24) is 20.3 Å². The van der Waals surface area contributed by atoms with Crippen LogP contribution in [0.5, 0.6) is 0 Å². The molecular formula is C13H17IN4. The maximum atomic E-state index is 4.17. The van der Waals surface area contributed by atoms with Crippen molar-refractivity contribution in [1.29, 1.82) is 0 Å². The van der Waals surface area contributed by atoms with Crippen molar-refractivity contribution >= 4 is 22.6 Å². The van der Waals surface area contributed by atoms with E-state index in [1.54, 1.807) is 0 Å². The molecule has 0 unspecified atom stereocenters. The van der Waals surface area contributed by atoms with Crippen LogP contribution in [-0.4, -0.2) is 21.5 Å². The summed E-state index contributed by atoms with van der Waals surface area (Å²) in [5.41, 5.74) is 2.01. The second-order valence-corrected chi connectivity index (χ2v) is 5.90. The van der Waals surface area contributed by atoms with Crippen LogP contribution in [0.15, 0.2) is 30.5 Å². The van der Waals surface area contributed by atoms with E-state index in [1.807, 2.05) is 23.0 Å². The highest BCUT2D eigenvalue weighted by atomic mass is 127. The van der Waals surface area contributed by atoms with Gasteiger partial charge in [-0.1, -0.05) is 25.1 Å². The van der Waals surface area contributed by atoms with E-state index >= 15 is 0 Å². The van der Waals surface area contributed by atoms with Crippen molar-refractivity contribution in [3.05, 3.63) is 39.7 Å². The smallest absolute Gasteiger partial charge is 0.0969 e. The van der Waals surface area contributed by atoms with Crippen LogP contribution in [0.1, 0.15) is 19.5 Å². The number of nitrogens with zero attached hydrogens (tertiary/aromatic N) is 3. The molecule has 0 fully saturated rings. The maximum Gasteiger partial charge on any atom is 0.0969 e. The summed E-state index contributed by atoms with van der Waals surface area (Å²) in [5.74, 6) is 0.649. The van der Waals surface area contributed by atoms with Crippen molar-refractivity contribution in [2.24, 2.45) is 5.92 Å². The molecule has 0 amide bonds. The predicted molar refractivity (Wildman–Crippen MR) is 80.6 cm³/mol. The van der Waals surface area contributed by atoms with E-state index in [0.29, 0.717) is 5.92 Å². The molecule has 5 heteroatoms. The highest BCUT2D eigenvalue weighted by Gasteiger charge is 2.03. The summed E-state index contributed by atoms with van der Waals surface area (Å²) in [6.45, 7) is 6.14. The average molecular weight is 356 g/mol. The first kappa shape index (κ1) is 13.5. The summed E-state index contributed by atoms with van der Waals surface area (Å²) < 4.78 is 3.01. The second-order valence-electron chi connectivity index (χ2n) is 4.66. The Labute approximate surface area is 121 Å².